The SMILES string of the molecule is COc1ccc(Br)c(CNCCCC2CC2)c1. The highest BCUT2D eigenvalue weighted by atomic mass is 79.9. The summed E-state index contributed by atoms with van der Waals surface area (Å²) >= 11 is 3.57. The Morgan fingerprint density at radius 3 is 2.94 bits per heavy atom. The highest BCUT2D eigenvalue weighted by molar-refractivity contribution is 9.10. The van der Waals surface area contributed by atoms with Gasteiger partial charge in [-0.25, -0.2) is 0 Å². The highest BCUT2D eigenvalue weighted by Crippen LogP contribution is 2.33. The van der Waals surface area contributed by atoms with Crippen LogP contribution in [0.3, 0.4) is 0 Å². The van der Waals surface area contributed by atoms with Gasteiger partial charge in [-0.2, -0.15) is 0 Å². The second kappa shape index (κ2) is 6.41. The van der Waals surface area contributed by atoms with E-state index < -0.39 is 0 Å². The van der Waals surface area contributed by atoms with Crippen LogP contribution in [-0.4, -0.2) is 13.7 Å². The highest BCUT2D eigenvalue weighted by Gasteiger charge is 2.19. The van der Waals surface area contributed by atoms with Crippen LogP contribution in [0.25, 0.3) is 0 Å². The molecule has 0 atom stereocenters. The minimum Gasteiger partial charge on any atom is -0.497 e. The molecular weight excluding hydrogens is 278 g/mol. The van der Waals surface area contributed by atoms with Crippen molar-refractivity contribution in [2.45, 2.75) is 32.2 Å². The normalized spacial score (nSPS) is 14.9. The zero-order valence-electron chi connectivity index (χ0n) is 10.3. The Balaban J connectivity index is 1.72. The first-order valence-corrected chi connectivity index (χ1v) is 7.12. The summed E-state index contributed by atoms with van der Waals surface area (Å²) in [6.07, 6.45) is 5.61. The van der Waals surface area contributed by atoms with Crippen LogP contribution in [0.4, 0.5) is 0 Å². The first kappa shape index (κ1) is 12.9. The number of halogens is 1. The fraction of sp³-hybridized carbons (Fsp3) is 0.571. The topological polar surface area (TPSA) is 21.3 Å². The lowest BCUT2D eigenvalue weighted by Crippen LogP contribution is -2.15. The molecule has 17 heavy (non-hydrogen) atoms. The zero-order chi connectivity index (χ0) is 12.1. The minimum atomic E-state index is 0.905. The molecule has 0 radical (unpaired) electrons. The summed E-state index contributed by atoms with van der Waals surface area (Å²) in [5.41, 5.74) is 1.26. The summed E-state index contributed by atoms with van der Waals surface area (Å²) in [6, 6.07) is 6.10. The molecule has 0 aromatic heterocycles. The fourth-order valence-electron chi connectivity index (χ4n) is 1.96. The fourth-order valence-corrected chi connectivity index (χ4v) is 2.35. The summed E-state index contributed by atoms with van der Waals surface area (Å²) in [5, 5.41) is 3.49. The number of hydrogen-bond acceptors (Lipinski definition) is 2. The molecular formula is C14H20BrNO. The summed E-state index contributed by atoms with van der Waals surface area (Å²) in [6.45, 7) is 2.02. The van der Waals surface area contributed by atoms with E-state index in [4.69, 9.17) is 4.74 Å². The van der Waals surface area contributed by atoms with Crippen LogP contribution in [0.5, 0.6) is 5.75 Å². The maximum atomic E-state index is 5.23. The number of ether oxygens (including phenoxy) is 1. The molecule has 0 heterocycles. The Bertz CT molecular complexity index is 363. The Morgan fingerprint density at radius 2 is 2.24 bits per heavy atom. The molecule has 1 fully saturated rings. The van der Waals surface area contributed by atoms with E-state index in [1.807, 2.05) is 12.1 Å². The predicted molar refractivity (Wildman–Crippen MR) is 74.4 cm³/mol. The van der Waals surface area contributed by atoms with Gasteiger partial charge in [0, 0.05) is 11.0 Å². The van der Waals surface area contributed by atoms with Crippen molar-refractivity contribution in [2.24, 2.45) is 5.92 Å². The average molecular weight is 298 g/mol. The molecule has 1 aromatic carbocycles. The van der Waals surface area contributed by atoms with Gasteiger partial charge in [-0.15, -0.1) is 0 Å². The molecule has 1 N–H and O–H groups in total. The molecule has 1 aliphatic carbocycles. The molecule has 94 valence electrons. The molecule has 3 heteroatoms. The molecule has 0 spiro atoms. The lowest BCUT2D eigenvalue weighted by molar-refractivity contribution is 0.414. The monoisotopic (exact) mass is 297 g/mol. The van der Waals surface area contributed by atoms with Gasteiger partial charge >= 0.3 is 0 Å². The van der Waals surface area contributed by atoms with Crippen LogP contribution < -0.4 is 10.1 Å². The maximum Gasteiger partial charge on any atom is 0.119 e. The van der Waals surface area contributed by atoms with Crippen LogP contribution in [0.15, 0.2) is 22.7 Å². The molecule has 0 bridgehead atoms. The van der Waals surface area contributed by atoms with Crippen LogP contribution in [0, 0.1) is 5.92 Å². The third-order valence-corrected chi connectivity index (χ3v) is 4.00. The van der Waals surface area contributed by atoms with Gasteiger partial charge in [0.25, 0.3) is 0 Å². The Hall–Kier alpha value is -0.540. The van der Waals surface area contributed by atoms with Gasteiger partial charge < -0.3 is 10.1 Å². The predicted octanol–water partition coefficient (Wildman–Crippen LogP) is 3.74. The second-order valence-corrected chi connectivity index (χ2v) is 5.57. The van der Waals surface area contributed by atoms with Gasteiger partial charge in [0.15, 0.2) is 0 Å². The number of methoxy groups -OCH3 is 1. The van der Waals surface area contributed by atoms with Gasteiger partial charge in [-0.1, -0.05) is 28.8 Å². The van der Waals surface area contributed by atoms with Gasteiger partial charge in [-0.05, 0) is 49.1 Å². The van der Waals surface area contributed by atoms with Crippen molar-refractivity contribution in [2.75, 3.05) is 13.7 Å². The van der Waals surface area contributed by atoms with E-state index in [2.05, 4.69) is 27.3 Å². The van der Waals surface area contributed by atoms with E-state index in [9.17, 15) is 0 Å². The van der Waals surface area contributed by atoms with Gasteiger partial charge in [0.1, 0.15) is 5.75 Å². The van der Waals surface area contributed by atoms with Crippen molar-refractivity contribution < 1.29 is 4.74 Å². The third-order valence-electron chi connectivity index (χ3n) is 3.23. The van der Waals surface area contributed by atoms with Crippen molar-refractivity contribution in [3.05, 3.63) is 28.2 Å². The van der Waals surface area contributed by atoms with Crippen LogP contribution >= 0.6 is 15.9 Å². The second-order valence-electron chi connectivity index (χ2n) is 4.72. The van der Waals surface area contributed by atoms with Gasteiger partial charge in [0.05, 0.1) is 7.11 Å². The van der Waals surface area contributed by atoms with E-state index in [1.165, 1.54) is 31.2 Å². The summed E-state index contributed by atoms with van der Waals surface area (Å²) < 4.78 is 6.37. The third kappa shape index (κ3) is 4.32. The number of hydrogen-bond donors (Lipinski definition) is 1. The Morgan fingerprint density at radius 1 is 1.41 bits per heavy atom. The lowest BCUT2D eigenvalue weighted by atomic mass is 10.2. The van der Waals surface area contributed by atoms with Crippen molar-refractivity contribution in [1.82, 2.24) is 5.32 Å². The standard InChI is InChI=1S/C14H20BrNO/c1-17-13-6-7-14(15)12(9-13)10-16-8-2-3-11-4-5-11/h6-7,9,11,16H,2-5,8,10H2,1H3. The smallest absolute Gasteiger partial charge is 0.119 e. The number of nitrogens with one attached hydrogen (secondary N) is 1. The van der Waals surface area contributed by atoms with E-state index in [0.29, 0.717) is 0 Å². The first-order valence-electron chi connectivity index (χ1n) is 6.32. The summed E-state index contributed by atoms with van der Waals surface area (Å²) in [4.78, 5) is 0. The summed E-state index contributed by atoms with van der Waals surface area (Å²) in [7, 11) is 1.70. The molecule has 2 rings (SSSR count). The van der Waals surface area contributed by atoms with Crippen LogP contribution in [0.2, 0.25) is 0 Å². The van der Waals surface area contributed by atoms with Crippen molar-refractivity contribution in [3.8, 4) is 5.75 Å². The Kier molecular flexibility index (Phi) is 4.86. The molecule has 0 amide bonds. The minimum absolute atomic E-state index is 0.905. The molecule has 1 aliphatic rings. The largest absolute Gasteiger partial charge is 0.497 e. The van der Waals surface area contributed by atoms with E-state index in [1.54, 1.807) is 7.11 Å². The Labute approximate surface area is 112 Å². The zero-order valence-corrected chi connectivity index (χ0v) is 11.9. The lowest BCUT2D eigenvalue weighted by Gasteiger charge is -2.08. The van der Waals surface area contributed by atoms with Crippen LogP contribution in [0.1, 0.15) is 31.2 Å². The van der Waals surface area contributed by atoms with Gasteiger partial charge in [0.2, 0.25) is 0 Å². The van der Waals surface area contributed by atoms with E-state index in [-0.39, 0.29) is 0 Å². The molecule has 1 saturated carbocycles. The average Bonchev–Trinajstić information content (AvgIpc) is 3.15. The van der Waals surface area contributed by atoms with Crippen molar-refractivity contribution >= 4 is 15.9 Å². The molecule has 1 aromatic rings. The molecule has 0 unspecified atom stereocenters. The maximum absolute atomic E-state index is 5.23. The number of rotatable bonds is 7. The quantitative estimate of drug-likeness (QED) is 0.774. The molecule has 0 aliphatic heterocycles. The molecule has 0 saturated heterocycles. The van der Waals surface area contributed by atoms with E-state index >= 15 is 0 Å². The van der Waals surface area contributed by atoms with Gasteiger partial charge in [-0.3, -0.25) is 0 Å². The molecule has 2 nitrogen and oxygen atoms in total. The van der Waals surface area contributed by atoms with Crippen LogP contribution in [-0.2, 0) is 6.54 Å². The first-order chi connectivity index (χ1) is 8.29. The van der Waals surface area contributed by atoms with E-state index in [0.717, 1.165) is 29.2 Å². The van der Waals surface area contributed by atoms with Crippen molar-refractivity contribution in [1.29, 1.82) is 0 Å². The number of benzene rings is 1. The van der Waals surface area contributed by atoms with Crippen molar-refractivity contribution in [3.63, 3.8) is 0 Å². The summed E-state index contributed by atoms with van der Waals surface area (Å²) in [5.74, 6) is 1.96.